The first-order chi connectivity index (χ1) is 11.2. The molecule has 23 heavy (non-hydrogen) atoms. The van der Waals surface area contributed by atoms with Gasteiger partial charge in [0.15, 0.2) is 5.76 Å². The predicted molar refractivity (Wildman–Crippen MR) is 89.3 cm³/mol. The molecule has 3 rings (SSSR count). The van der Waals surface area contributed by atoms with Crippen molar-refractivity contribution in [1.82, 2.24) is 5.32 Å². The van der Waals surface area contributed by atoms with Gasteiger partial charge in [0.25, 0.3) is 5.91 Å². The lowest BCUT2D eigenvalue weighted by Gasteiger charge is -2.25. The van der Waals surface area contributed by atoms with E-state index < -0.39 is 0 Å². The van der Waals surface area contributed by atoms with Gasteiger partial charge in [-0.1, -0.05) is 31.2 Å². The number of aryl methyl sites for hydroxylation is 1. The molecule has 2 aromatic rings. The van der Waals surface area contributed by atoms with Gasteiger partial charge in [-0.3, -0.25) is 4.79 Å². The fraction of sp³-hybridized carbons (Fsp3) is 0.421. The molecule has 122 valence electrons. The average Bonchev–Trinajstić information content (AvgIpc) is 3.07. The van der Waals surface area contributed by atoms with Crippen molar-refractivity contribution in [3.05, 3.63) is 47.7 Å². The zero-order valence-corrected chi connectivity index (χ0v) is 13.4. The molecule has 1 heterocycles. The number of aliphatic hydroxyl groups is 1. The van der Waals surface area contributed by atoms with E-state index in [1.54, 1.807) is 6.07 Å². The summed E-state index contributed by atoms with van der Waals surface area (Å²) in [7, 11) is 0. The minimum atomic E-state index is -0.218. The van der Waals surface area contributed by atoms with E-state index in [1.807, 2.05) is 18.2 Å². The number of amides is 1. The first-order valence-corrected chi connectivity index (χ1v) is 8.33. The van der Waals surface area contributed by atoms with E-state index in [2.05, 4.69) is 24.4 Å². The summed E-state index contributed by atoms with van der Waals surface area (Å²) >= 11 is 0. The van der Waals surface area contributed by atoms with Crippen LogP contribution in [-0.4, -0.2) is 23.2 Å². The Bertz CT molecular complexity index is 652. The number of carbonyl (C=O) groups is 1. The first-order valence-electron chi connectivity index (χ1n) is 8.33. The van der Waals surface area contributed by atoms with E-state index in [0.29, 0.717) is 11.5 Å². The number of aliphatic hydroxyl groups excluding tert-OH is 1. The standard InChI is InChI=1S/C19H23NO3/c1-2-13-3-5-14(6-4-13)17-11-12-18(23-17)19(22)20-15-7-9-16(21)10-8-15/h3-6,11-12,15-16,21H,2,7-10H2,1H3,(H,20,22). The monoisotopic (exact) mass is 313 g/mol. The van der Waals surface area contributed by atoms with Gasteiger partial charge in [-0.2, -0.15) is 0 Å². The van der Waals surface area contributed by atoms with Crippen molar-refractivity contribution in [2.75, 3.05) is 0 Å². The van der Waals surface area contributed by atoms with Crippen LogP contribution in [0.5, 0.6) is 0 Å². The van der Waals surface area contributed by atoms with E-state index in [-0.39, 0.29) is 18.1 Å². The van der Waals surface area contributed by atoms with E-state index in [9.17, 15) is 9.90 Å². The van der Waals surface area contributed by atoms with Crippen LogP contribution in [0.1, 0.15) is 48.7 Å². The molecule has 2 N–H and O–H groups in total. The summed E-state index contributed by atoms with van der Waals surface area (Å²) in [5, 5.41) is 12.5. The third kappa shape index (κ3) is 3.82. The molecule has 0 aliphatic heterocycles. The first kappa shape index (κ1) is 15.8. The molecule has 0 unspecified atom stereocenters. The van der Waals surface area contributed by atoms with Crippen molar-refractivity contribution in [2.24, 2.45) is 0 Å². The van der Waals surface area contributed by atoms with Gasteiger partial charge >= 0.3 is 0 Å². The molecule has 0 saturated heterocycles. The molecule has 1 amide bonds. The van der Waals surface area contributed by atoms with Crippen molar-refractivity contribution in [3.63, 3.8) is 0 Å². The molecular weight excluding hydrogens is 290 g/mol. The van der Waals surface area contributed by atoms with E-state index in [0.717, 1.165) is 37.7 Å². The van der Waals surface area contributed by atoms with Crippen molar-refractivity contribution in [2.45, 2.75) is 51.2 Å². The Morgan fingerprint density at radius 2 is 1.83 bits per heavy atom. The SMILES string of the molecule is CCc1ccc(-c2ccc(C(=O)NC3CCC(O)CC3)o2)cc1. The second-order valence-electron chi connectivity index (χ2n) is 6.19. The Morgan fingerprint density at radius 3 is 2.48 bits per heavy atom. The lowest BCUT2D eigenvalue weighted by atomic mass is 9.93. The van der Waals surface area contributed by atoms with Gasteiger partial charge in [0.1, 0.15) is 5.76 Å². The highest BCUT2D eigenvalue weighted by atomic mass is 16.3. The molecule has 1 aromatic carbocycles. The van der Waals surface area contributed by atoms with Crippen LogP contribution >= 0.6 is 0 Å². The van der Waals surface area contributed by atoms with Crippen LogP contribution in [0.15, 0.2) is 40.8 Å². The zero-order chi connectivity index (χ0) is 16.2. The molecule has 1 saturated carbocycles. The number of furan rings is 1. The second kappa shape index (κ2) is 7.01. The normalized spacial score (nSPS) is 21.1. The summed E-state index contributed by atoms with van der Waals surface area (Å²) in [4.78, 5) is 12.3. The molecule has 0 bridgehead atoms. The van der Waals surface area contributed by atoms with Gasteiger partial charge in [-0.05, 0) is 49.8 Å². The number of hydrogen-bond donors (Lipinski definition) is 2. The molecule has 1 fully saturated rings. The molecule has 1 aliphatic rings. The summed E-state index contributed by atoms with van der Waals surface area (Å²) in [6.07, 6.45) is 3.92. The predicted octanol–water partition coefficient (Wildman–Crippen LogP) is 3.54. The van der Waals surface area contributed by atoms with Crippen molar-refractivity contribution in [3.8, 4) is 11.3 Å². The third-order valence-electron chi connectivity index (χ3n) is 4.51. The number of nitrogens with one attached hydrogen (secondary N) is 1. The summed E-state index contributed by atoms with van der Waals surface area (Å²) in [6.45, 7) is 2.12. The summed E-state index contributed by atoms with van der Waals surface area (Å²) in [5.74, 6) is 0.866. The van der Waals surface area contributed by atoms with Gasteiger partial charge in [0.2, 0.25) is 0 Å². The minimum Gasteiger partial charge on any atom is -0.451 e. The van der Waals surface area contributed by atoms with Crippen molar-refractivity contribution >= 4 is 5.91 Å². The Kier molecular flexibility index (Phi) is 4.82. The fourth-order valence-corrected chi connectivity index (χ4v) is 3.00. The van der Waals surface area contributed by atoms with E-state index in [1.165, 1.54) is 5.56 Å². The van der Waals surface area contributed by atoms with Crippen LogP contribution in [0.2, 0.25) is 0 Å². The van der Waals surface area contributed by atoms with Crippen molar-refractivity contribution < 1.29 is 14.3 Å². The molecule has 1 aromatic heterocycles. The molecule has 4 heteroatoms. The molecular formula is C19H23NO3. The molecule has 1 aliphatic carbocycles. The maximum Gasteiger partial charge on any atom is 0.287 e. The highest BCUT2D eigenvalue weighted by molar-refractivity contribution is 5.92. The Labute approximate surface area is 136 Å². The molecule has 4 nitrogen and oxygen atoms in total. The van der Waals surface area contributed by atoms with E-state index in [4.69, 9.17) is 4.42 Å². The molecule has 0 radical (unpaired) electrons. The highest BCUT2D eigenvalue weighted by Gasteiger charge is 2.22. The van der Waals surface area contributed by atoms with Gasteiger partial charge in [-0.15, -0.1) is 0 Å². The summed E-state index contributed by atoms with van der Waals surface area (Å²) in [5.41, 5.74) is 2.25. The highest BCUT2D eigenvalue weighted by Crippen LogP contribution is 2.24. The van der Waals surface area contributed by atoms with Gasteiger partial charge in [0.05, 0.1) is 6.10 Å². The third-order valence-corrected chi connectivity index (χ3v) is 4.51. The van der Waals surface area contributed by atoms with Gasteiger partial charge in [0, 0.05) is 11.6 Å². The van der Waals surface area contributed by atoms with Gasteiger partial charge < -0.3 is 14.8 Å². The average molecular weight is 313 g/mol. The van der Waals surface area contributed by atoms with Crippen LogP contribution < -0.4 is 5.32 Å². The lowest BCUT2D eigenvalue weighted by Crippen LogP contribution is -2.38. The van der Waals surface area contributed by atoms with Gasteiger partial charge in [-0.25, -0.2) is 0 Å². The summed E-state index contributed by atoms with van der Waals surface area (Å²) in [6, 6.07) is 11.9. The minimum absolute atomic E-state index is 0.128. The van der Waals surface area contributed by atoms with E-state index >= 15 is 0 Å². The largest absolute Gasteiger partial charge is 0.451 e. The van der Waals surface area contributed by atoms with Crippen LogP contribution in [0.4, 0.5) is 0 Å². The van der Waals surface area contributed by atoms with Crippen LogP contribution in [0.3, 0.4) is 0 Å². The maximum absolute atomic E-state index is 12.3. The van der Waals surface area contributed by atoms with Crippen LogP contribution in [0.25, 0.3) is 11.3 Å². The number of benzene rings is 1. The topological polar surface area (TPSA) is 62.5 Å². The Hall–Kier alpha value is -2.07. The lowest BCUT2D eigenvalue weighted by molar-refractivity contribution is 0.0844. The maximum atomic E-state index is 12.3. The Balaban J connectivity index is 1.64. The quantitative estimate of drug-likeness (QED) is 0.907. The smallest absolute Gasteiger partial charge is 0.287 e. The van der Waals surface area contributed by atoms with Crippen LogP contribution in [-0.2, 0) is 6.42 Å². The summed E-state index contributed by atoms with van der Waals surface area (Å²) < 4.78 is 5.71. The zero-order valence-electron chi connectivity index (χ0n) is 13.4. The Morgan fingerprint density at radius 1 is 1.13 bits per heavy atom. The second-order valence-corrected chi connectivity index (χ2v) is 6.19. The number of hydrogen-bond acceptors (Lipinski definition) is 3. The number of rotatable bonds is 4. The molecule has 0 spiro atoms. The van der Waals surface area contributed by atoms with Crippen molar-refractivity contribution in [1.29, 1.82) is 0 Å². The molecule has 0 atom stereocenters. The van der Waals surface area contributed by atoms with Crippen LogP contribution in [0, 0.1) is 0 Å². The fourth-order valence-electron chi connectivity index (χ4n) is 3.00. The number of carbonyl (C=O) groups excluding carboxylic acids is 1.